The number of methoxy groups -OCH3 is 1. The van der Waals surface area contributed by atoms with Gasteiger partial charge in [-0.2, -0.15) is 0 Å². The molecular formula is C24H35NO3S. The smallest absolute Gasteiger partial charge is 0.123 e. The Hall–Kier alpha value is -1.56. The van der Waals surface area contributed by atoms with Crippen molar-refractivity contribution in [3.8, 4) is 11.5 Å². The van der Waals surface area contributed by atoms with Gasteiger partial charge in [0.15, 0.2) is 0 Å². The van der Waals surface area contributed by atoms with E-state index >= 15 is 0 Å². The van der Waals surface area contributed by atoms with Crippen molar-refractivity contribution in [2.45, 2.75) is 64.0 Å². The van der Waals surface area contributed by atoms with Gasteiger partial charge < -0.3 is 19.9 Å². The molecule has 2 aromatic rings. The molecule has 3 rings (SSSR count). The van der Waals surface area contributed by atoms with Crippen molar-refractivity contribution in [3.63, 3.8) is 0 Å². The standard InChI is InChI=1S/C24H35NO3S/c1-24(2,3)20-14-19(27-4)11-12-21(20)28-16-18(26)15-25-23(17-8-5-6-9-17)22-10-7-13-29-22/h7,10-14,17-18,23,25-26H,5-6,8-9,15-16H2,1-4H3. The maximum atomic E-state index is 10.6. The average Bonchev–Trinajstić information content (AvgIpc) is 3.40. The van der Waals surface area contributed by atoms with E-state index in [1.165, 1.54) is 30.6 Å². The highest BCUT2D eigenvalue weighted by Gasteiger charge is 2.27. The lowest BCUT2D eigenvalue weighted by Gasteiger charge is -2.26. The number of aliphatic hydroxyl groups is 1. The number of thiophene rings is 1. The zero-order chi connectivity index (χ0) is 20.9. The first-order chi connectivity index (χ1) is 13.9. The van der Waals surface area contributed by atoms with Crippen LogP contribution in [0.15, 0.2) is 35.7 Å². The average molecular weight is 418 g/mol. The molecule has 1 saturated carbocycles. The monoisotopic (exact) mass is 417 g/mol. The minimum absolute atomic E-state index is 0.0696. The Morgan fingerprint density at radius 3 is 2.59 bits per heavy atom. The van der Waals surface area contributed by atoms with Crippen LogP contribution in [0.4, 0.5) is 0 Å². The summed E-state index contributed by atoms with van der Waals surface area (Å²) in [6.07, 6.45) is 4.60. The molecular weight excluding hydrogens is 382 g/mol. The molecule has 1 aliphatic carbocycles. The zero-order valence-electron chi connectivity index (χ0n) is 18.1. The van der Waals surface area contributed by atoms with Crippen molar-refractivity contribution in [3.05, 3.63) is 46.2 Å². The van der Waals surface area contributed by atoms with Gasteiger partial charge in [-0.25, -0.2) is 0 Å². The molecule has 2 unspecified atom stereocenters. The highest BCUT2D eigenvalue weighted by Crippen LogP contribution is 2.37. The molecule has 160 valence electrons. The Kier molecular flexibility index (Phi) is 7.60. The highest BCUT2D eigenvalue weighted by molar-refractivity contribution is 7.10. The summed E-state index contributed by atoms with van der Waals surface area (Å²) < 4.78 is 11.4. The van der Waals surface area contributed by atoms with Crippen LogP contribution in [0.25, 0.3) is 0 Å². The minimum atomic E-state index is -0.561. The van der Waals surface area contributed by atoms with E-state index in [2.05, 4.69) is 43.6 Å². The molecule has 2 N–H and O–H groups in total. The molecule has 0 radical (unpaired) electrons. The fraction of sp³-hybridized carbons (Fsp3) is 0.583. The van der Waals surface area contributed by atoms with E-state index < -0.39 is 6.10 Å². The van der Waals surface area contributed by atoms with Gasteiger partial charge in [0.2, 0.25) is 0 Å². The van der Waals surface area contributed by atoms with E-state index in [1.807, 2.05) is 18.2 Å². The van der Waals surface area contributed by atoms with Crippen LogP contribution in [-0.4, -0.2) is 31.5 Å². The third-order valence-electron chi connectivity index (χ3n) is 5.72. The number of hydrogen-bond donors (Lipinski definition) is 2. The molecule has 0 spiro atoms. The fourth-order valence-corrected chi connectivity index (χ4v) is 5.01. The zero-order valence-corrected chi connectivity index (χ0v) is 18.9. The highest BCUT2D eigenvalue weighted by atomic mass is 32.1. The summed E-state index contributed by atoms with van der Waals surface area (Å²) in [5.41, 5.74) is 1.01. The number of ether oxygens (including phenoxy) is 2. The molecule has 0 amide bonds. The second kappa shape index (κ2) is 9.96. The predicted molar refractivity (Wildman–Crippen MR) is 120 cm³/mol. The molecule has 5 heteroatoms. The third-order valence-corrected chi connectivity index (χ3v) is 6.68. The first-order valence-electron chi connectivity index (χ1n) is 10.6. The fourth-order valence-electron chi connectivity index (χ4n) is 4.11. The molecule has 0 saturated heterocycles. The van der Waals surface area contributed by atoms with Crippen LogP contribution in [0, 0.1) is 5.92 Å². The topological polar surface area (TPSA) is 50.7 Å². The molecule has 1 heterocycles. The van der Waals surface area contributed by atoms with Crippen LogP contribution in [0.1, 0.15) is 62.9 Å². The van der Waals surface area contributed by atoms with Gasteiger partial charge in [-0.3, -0.25) is 0 Å². The molecule has 0 bridgehead atoms. The summed E-state index contributed by atoms with van der Waals surface area (Å²) in [6, 6.07) is 10.5. The van der Waals surface area contributed by atoms with E-state index in [0.29, 0.717) is 18.5 Å². The second-order valence-electron chi connectivity index (χ2n) is 9.02. The van der Waals surface area contributed by atoms with Crippen molar-refractivity contribution >= 4 is 11.3 Å². The van der Waals surface area contributed by atoms with Crippen LogP contribution >= 0.6 is 11.3 Å². The van der Waals surface area contributed by atoms with Crippen LogP contribution in [-0.2, 0) is 5.41 Å². The van der Waals surface area contributed by atoms with E-state index in [0.717, 1.165) is 17.1 Å². The van der Waals surface area contributed by atoms with Crippen molar-refractivity contribution in [1.29, 1.82) is 0 Å². The Morgan fingerprint density at radius 1 is 1.21 bits per heavy atom. The van der Waals surface area contributed by atoms with Gasteiger partial charge in [-0.05, 0) is 53.8 Å². The molecule has 0 aliphatic heterocycles. The summed E-state index contributed by atoms with van der Waals surface area (Å²) in [5.74, 6) is 2.29. The third kappa shape index (κ3) is 5.97. The van der Waals surface area contributed by atoms with E-state index in [1.54, 1.807) is 18.4 Å². The lowest BCUT2D eigenvalue weighted by Crippen LogP contribution is -2.36. The molecule has 1 fully saturated rings. The van der Waals surface area contributed by atoms with Gasteiger partial charge >= 0.3 is 0 Å². The molecule has 1 aromatic heterocycles. The normalized spacial score (nSPS) is 17.3. The number of aliphatic hydroxyl groups excluding tert-OH is 1. The summed E-state index contributed by atoms with van der Waals surface area (Å²) in [4.78, 5) is 1.37. The van der Waals surface area contributed by atoms with Crippen molar-refractivity contribution in [2.24, 2.45) is 5.92 Å². The van der Waals surface area contributed by atoms with E-state index in [4.69, 9.17) is 9.47 Å². The summed E-state index contributed by atoms with van der Waals surface area (Å²) in [6.45, 7) is 7.25. The molecule has 29 heavy (non-hydrogen) atoms. The lowest BCUT2D eigenvalue weighted by molar-refractivity contribution is 0.0998. The molecule has 1 aliphatic rings. The number of benzene rings is 1. The summed E-state index contributed by atoms with van der Waals surface area (Å²) in [5, 5.41) is 16.3. The first kappa shape index (κ1) is 22.1. The minimum Gasteiger partial charge on any atom is -0.497 e. The van der Waals surface area contributed by atoms with Crippen LogP contribution < -0.4 is 14.8 Å². The van der Waals surface area contributed by atoms with Gasteiger partial charge in [0.25, 0.3) is 0 Å². The summed E-state index contributed by atoms with van der Waals surface area (Å²) >= 11 is 1.80. The van der Waals surface area contributed by atoms with Crippen LogP contribution in [0.3, 0.4) is 0 Å². The second-order valence-corrected chi connectivity index (χ2v) is 10.0. The van der Waals surface area contributed by atoms with E-state index in [-0.39, 0.29) is 12.0 Å². The van der Waals surface area contributed by atoms with Gasteiger partial charge in [-0.1, -0.05) is 39.7 Å². The summed E-state index contributed by atoms with van der Waals surface area (Å²) in [7, 11) is 1.67. The van der Waals surface area contributed by atoms with Crippen molar-refractivity contribution in [1.82, 2.24) is 5.32 Å². The predicted octanol–water partition coefficient (Wildman–Crippen LogP) is 5.32. The van der Waals surface area contributed by atoms with Gasteiger partial charge in [0.1, 0.15) is 24.2 Å². The molecule has 1 aromatic carbocycles. The van der Waals surface area contributed by atoms with Crippen molar-refractivity contribution < 1.29 is 14.6 Å². The van der Waals surface area contributed by atoms with Gasteiger partial charge in [0, 0.05) is 23.0 Å². The number of nitrogens with one attached hydrogen (secondary N) is 1. The van der Waals surface area contributed by atoms with E-state index in [9.17, 15) is 5.11 Å². The number of rotatable bonds is 9. The largest absolute Gasteiger partial charge is 0.497 e. The Balaban J connectivity index is 1.59. The van der Waals surface area contributed by atoms with Crippen LogP contribution in [0.5, 0.6) is 11.5 Å². The quantitative estimate of drug-likeness (QED) is 0.580. The first-order valence-corrected chi connectivity index (χ1v) is 11.5. The van der Waals surface area contributed by atoms with Gasteiger partial charge in [0.05, 0.1) is 7.11 Å². The Morgan fingerprint density at radius 2 is 1.97 bits per heavy atom. The van der Waals surface area contributed by atoms with Crippen molar-refractivity contribution in [2.75, 3.05) is 20.3 Å². The molecule has 2 atom stereocenters. The SMILES string of the molecule is COc1ccc(OCC(O)CNC(c2cccs2)C2CCCC2)c(C(C)(C)C)c1. The Labute approximate surface area is 179 Å². The Bertz CT molecular complexity index is 748. The lowest BCUT2D eigenvalue weighted by atomic mass is 9.86. The van der Waals surface area contributed by atoms with Crippen LogP contribution in [0.2, 0.25) is 0 Å². The maximum absolute atomic E-state index is 10.6. The van der Waals surface area contributed by atoms with Gasteiger partial charge in [-0.15, -0.1) is 11.3 Å². The molecule has 4 nitrogen and oxygen atoms in total. The number of hydrogen-bond acceptors (Lipinski definition) is 5. The maximum Gasteiger partial charge on any atom is 0.123 e.